The summed E-state index contributed by atoms with van der Waals surface area (Å²) >= 11 is 0. The Morgan fingerprint density at radius 1 is 1.40 bits per heavy atom. The maximum atomic E-state index is 6.05. The molecule has 4 nitrogen and oxygen atoms in total. The highest BCUT2D eigenvalue weighted by atomic mass is 16.5. The number of hydrogen-bond acceptors (Lipinski definition) is 4. The minimum absolute atomic E-state index is 0.200. The first-order valence-corrected chi connectivity index (χ1v) is 7.60. The van der Waals surface area contributed by atoms with Crippen molar-refractivity contribution in [1.29, 1.82) is 0 Å². The molecule has 1 fully saturated rings. The van der Waals surface area contributed by atoms with E-state index in [1.165, 1.54) is 5.56 Å². The molecule has 1 aliphatic rings. The molecule has 1 saturated heterocycles. The summed E-state index contributed by atoms with van der Waals surface area (Å²) in [5, 5.41) is 3.40. The van der Waals surface area contributed by atoms with Crippen LogP contribution in [0.15, 0.2) is 18.3 Å². The van der Waals surface area contributed by atoms with Gasteiger partial charge >= 0.3 is 0 Å². The smallest absolute Gasteiger partial charge is 0.213 e. The summed E-state index contributed by atoms with van der Waals surface area (Å²) in [7, 11) is 0. The largest absolute Gasteiger partial charge is 0.474 e. The van der Waals surface area contributed by atoms with Gasteiger partial charge in [0, 0.05) is 31.1 Å². The lowest BCUT2D eigenvalue weighted by Crippen LogP contribution is -2.35. The molecule has 2 heterocycles. The first-order chi connectivity index (χ1) is 9.58. The Morgan fingerprint density at radius 2 is 2.10 bits per heavy atom. The van der Waals surface area contributed by atoms with E-state index in [-0.39, 0.29) is 18.3 Å². The summed E-state index contributed by atoms with van der Waals surface area (Å²) < 4.78 is 11.8. The molecule has 0 aliphatic carbocycles. The van der Waals surface area contributed by atoms with Gasteiger partial charge in [-0.05, 0) is 38.9 Å². The second kappa shape index (κ2) is 7.04. The van der Waals surface area contributed by atoms with Crippen LogP contribution in [0.3, 0.4) is 0 Å². The van der Waals surface area contributed by atoms with E-state index in [0.29, 0.717) is 6.04 Å². The van der Waals surface area contributed by atoms with Crippen LogP contribution in [0.2, 0.25) is 0 Å². The van der Waals surface area contributed by atoms with Gasteiger partial charge in [-0.3, -0.25) is 0 Å². The minimum Gasteiger partial charge on any atom is -0.474 e. The Hall–Kier alpha value is -1.13. The number of pyridine rings is 1. The van der Waals surface area contributed by atoms with Gasteiger partial charge in [-0.15, -0.1) is 0 Å². The topological polar surface area (TPSA) is 43.4 Å². The molecule has 2 rings (SSSR count). The van der Waals surface area contributed by atoms with Crippen molar-refractivity contribution in [2.75, 3.05) is 6.54 Å². The molecule has 20 heavy (non-hydrogen) atoms. The summed E-state index contributed by atoms with van der Waals surface area (Å²) in [6.45, 7) is 9.42. The molecule has 3 unspecified atom stereocenters. The van der Waals surface area contributed by atoms with Crippen LogP contribution in [0, 0.1) is 0 Å². The third-order valence-electron chi connectivity index (χ3n) is 3.71. The van der Waals surface area contributed by atoms with Gasteiger partial charge in [0.05, 0.1) is 12.2 Å². The fourth-order valence-electron chi connectivity index (χ4n) is 2.79. The van der Waals surface area contributed by atoms with Crippen LogP contribution in [0.4, 0.5) is 0 Å². The van der Waals surface area contributed by atoms with E-state index in [9.17, 15) is 0 Å². The van der Waals surface area contributed by atoms with Crippen molar-refractivity contribution in [2.45, 2.75) is 64.9 Å². The van der Waals surface area contributed by atoms with E-state index in [1.54, 1.807) is 0 Å². The monoisotopic (exact) mass is 278 g/mol. The van der Waals surface area contributed by atoms with Gasteiger partial charge in [0.2, 0.25) is 5.88 Å². The van der Waals surface area contributed by atoms with E-state index in [4.69, 9.17) is 9.47 Å². The summed E-state index contributed by atoms with van der Waals surface area (Å²) in [6.07, 6.45) is 4.40. The summed E-state index contributed by atoms with van der Waals surface area (Å²) in [5.74, 6) is 0.721. The molecule has 0 saturated carbocycles. The highest BCUT2D eigenvalue weighted by Gasteiger charge is 2.26. The van der Waals surface area contributed by atoms with Crippen LogP contribution in [0.25, 0.3) is 0 Å². The van der Waals surface area contributed by atoms with E-state index in [0.717, 1.165) is 25.3 Å². The van der Waals surface area contributed by atoms with Crippen molar-refractivity contribution in [3.63, 3.8) is 0 Å². The van der Waals surface area contributed by atoms with Gasteiger partial charge in [-0.25, -0.2) is 4.98 Å². The van der Waals surface area contributed by atoms with Crippen molar-refractivity contribution in [1.82, 2.24) is 10.3 Å². The summed E-state index contributed by atoms with van der Waals surface area (Å²) in [4.78, 5) is 4.34. The van der Waals surface area contributed by atoms with Gasteiger partial charge in [0.25, 0.3) is 0 Å². The fourth-order valence-corrected chi connectivity index (χ4v) is 2.79. The number of nitrogens with one attached hydrogen (secondary N) is 1. The average molecular weight is 278 g/mol. The normalized spacial score (nSPS) is 28.1. The van der Waals surface area contributed by atoms with E-state index >= 15 is 0 Å². The van der Waals surface area contributed by atoms with Gasteiger partial charge in [-0.1, -0.05) is 6.92 Å². The first-order valence-electron chi connectivity index (χ1n) is 7.60. The number of nitrogens with zero attached hydrogens (tertiary/aromatic N) is 1. The molecule has 0 amide bonds. The van der Waals surface area contributed by atoms with Crippen LogP contribution in [0.5, 0.6) is 5.88 Å². The van der Waals surface area contributed by atoms with Crippen LogP contribution in [-0.4, -0.2) is 29.8 Å². The van der Waals surface area contributed by atoms with Crippen molar-refractivity contribution < 1.29 is 9.47 Å². The van der Waals surface area contributed by atoms with E-state index in [1.807, 2.05) is 18.3 Å². The number of rotatable bonds is 5. The molecule has 0 radical (unpaired) electrons. The average Bonchev–Trinajstić information content (AvgIpc) is 2.38. The Bertz CT molecular complexity index is 415. The van der Waals surface area contributed by atoms with Crippen LogP contribution >= 0.6 is 0 Å². The van der Waals surface area contributed by atoms with Crippen molar-refractivity contribution in [3.05, 3.63) is 23.9 Å². The molecular formula is C16H26N2O2. The number of aromatic nitrogens is 1. The van der Waals surface area contributed by atoms with Crippen molar-refractivity contribution in [2.24, 2.45) is 0 Å². The zero-order valence-electron chi connectivity index (χ0n) is 12.9. The summed E-state index contributed by atoms with van der Waals surface area (Å²) in [5.41, 5.74) is 1.21. The lowest BCUT2D eigenvalue weighted by Gasteiger charge is -2.32. The molecule has 0 spiro atoms. The van der Waals surface area contributed by atoms with Gasteiger partial charge in [0.1, 0.15) is 6.10 Å². The highest BCUT2D eigenvalue weighted by molar-refractivity contribution is 5.23. The van der Waals surface area contributed by atoms with Gasteiger partial charge in [-0.2, -0.15) is 0 Å². The second-order valence-electron chi connectivity index (χ2n) is 5.68. The van der Waals surface area contributed by atoms with Crippen LogP contribution < -0.4 is 10.1 Å². The highest BCUT2D eigenvalue weighted by Crippen LogP contribution is 2.24. The SMILES string of the molecule is CCNC(C)c1ccnc(OC2CC(C)OC(C)C2)c1. The Balaban J connectivity index is 2.00. The van der Waals surface area contributed by atoms with Gasteiger partial charge in [0.15, 0.2) is 0 Å². The molecule has 1 aromatic rings. The second-order valence-corrected chi connectivity index (χ2v) is 5.68. The molecule has 1 N–H and O–H groups in total. The van der Waals surface area contributed by atoms with Crippen molar-refractivity contribution >= 4 is 0 Å². The first kappa shape index (κ1) is 15.3. The third-order valence-corrected chi connectivity index (χ3v) is 3.71. The molecule has 3 atom stereocenters. The summed E-state index contributed by atoms with van der Waals surface area (Å²) in [6, 6.07) is 4.39. The van der Waals surface area contributed by atoms with E-state index in [2.05, 4.69) is 38.0 Å². The van der Waals surface area contributed by atoms with Crippen LogP contribution in [-0.2, 0) is 4.74 Å². The predicted octanol–water partition coefficient (Wildman–Crippen LogP) is 3.09. The zero-order valence-corrected chi connectivity index (χ0v) is 12.9. The Labute approximate surface area is 121 Å². The van der Waals surface area contributed by atoms with Crippen molar-refractivity contribution in [3.8, 4) is 5.88 Å². The zero-order chi connectivity index (χ0) is 14.5. The minimum atomic E-state index is 0.200. The Morgan fingerprint density at radius 3 is 2.75 bits per heavy atom. The molecule has 112 valence electrons. The maximum Gasteiger partial charge on any atom is 0.213 e. The van der Waals surface area contributed by atoms with Crippen LogP contribution in [0.1, 0.15) is 52.1 Å². The van der Waals surface area contributed by atoms with E-state index < -0.39 is 0 Å². The quantitative estimate of drug-likeness (QED) is 0.899. The van der Waals surface area contributed by atoms with Gasteiger partial charge < -0.3 is 14.8 Å². The maximum absolute atomic E-state index is 6.05. The molecule has 4 heteroatoms. The predicted molar refractivity (Wildman–Crippen MR) is 80.0 cm³/mol. The lowest BCUT2D eigenvalue weighted by atomic mass is 10.0. The third kappa shape index (κ3) is 4.18. The molecular weight excluding hydrogens is 252 g/mol. The Kier molecular flexibility index (Phi) is 5.38. The lowest BCUT2D eigenvalue weighted by molar-refractivity contribution is -0.0729. The molecule has 0 bridgehead atoms. The number of ether oxygens (including phenoxy) is 2. The standard InChI is InChI=1S/C16H26N2O2/c1-5-17-13(4)14-6-7-18-16(10-14)20-15-8-11(2)19-12(3)9-15/h6-7,10-13,15,17H,5,8-9H2,1-4H3. The fraction of sp³-hybridized carbons (Fsp3) is 0.688. The molecule has 0 aromatic carbocycles. The molecule has 1 aromatic heterocycles. The number of hydrogen-bond donors (Lipinski definition) is 1. The molecule has 1 aliphatic heterocycles.